The average molecular weight is 289 g/mol. The Labute approximate surface area is 132 Å². The first kappa shape index (κ1) is 14.6. The van der Waals surface area contributed by atoms with Crippen molar-refractivity contribution in [3.63, 3.8) is 0 Å². The average Bonchev–Trinajstić information content (AvgIpc) is 2.95. The van der Waals surface area contributed by atoms with E-state index in [2.05, 4.69) is 85.2 Å². The van der Waals surface area contributed by atoms with Crippen molar-refractivity contribution < 1.29 is 0 Å². The zero-order chi connectivity index (χ0) is 15.4. The molecule has 0 spiro atoms. The predicted octanol–water partition coefficient (Wildman–Crippen LogP) is 6.36. The van der Waals surface area contributed by atoms with E-state index in [9.17, 15) is 0 Å². The third-order valence-corrected chi connectivity index (χ3v) is 4.01. The number of rotatable bonds is 5. The van der Waals surface area contributed by atoms with Gasteiger partial charge in [-0.1, -0.05) is 74.9 Å². The summed E-state index contributed by atoms with van der Waals surface area (Å²) in [5.74, 6) is 0. The van der Waals surface area contributed by atoms with E-state index in [4.69, 9.17) is 0 Å². The highest BCUT2D eigenvalue weighted by molar-refractivity contribution is 5.90. The lowest BCUT2D eigenvalue weighted by Crippen LogP contribution is -1.99. The molecule has 0 saturated heterocycles. The van der Waals surface area contributed by atoms with Gasteiger partial charge < -0.3 is 4.57 Å². The number of hydrogen-bond donors (Lipinski definition) is 0. The number of hydrogen-bond acceptors (Lipinski definition) is 0. The second-order valence-corrected chi connectivity index (χ2v) is 5.64. The number of benzene rings is 2. The first-order valence-electron chi connectivity index (χ1n) is 8.20. The summed E-state index contributed by atoms with van der Waals surface area (Å²) in [5, 5.41) is 1.31. The van der Waals surface area contributed by atoms with E-state index < -0.39 is 0 Å². The first-order chi connectivity index (χ1) is 10.8. The second kappa shape index (κ2) is 6.65. The van der Waals surface area contributed by atoms with Crippen LogP contribution < -0.4 is 0 Å². The molecule has 0 aliphatic heterocycles. The molecular weight excluding hydrogens is 266 g/mol. The molecule has 1 heterocycles. The standard InChI is InChI=1S/C21H23N/c1-3-10-19(11-4-2)22-20-15-9-8-14-18(20)16-21(22)17-12-6-5-7-13-17/h5-10,12-16H,3-4,11H2,1-2H3/b19-10-. The molecule has 0 saturated carbocycles. The highest BCUT2D eigenvalue weighted by Crippen LogP contribution is 2.32. The minimum Gasteiger partial charge on any atom is -0.313 e. The van der Waals surface area contributed by atoms with Crippen molar-refractivity contribution in [3.05, 3.63) is 66.7 Å². The summed E-state index contributed by atoms with van der Waals surface area (Å²) in [4.78, 5) is 0. The highest BCUT2D eigenvalue weighted by Gasteiger charge is 2.13. The molecule has 0 unspecified atom stereocenters. The molecule has 0 bridgehead atoms. The Bertz CT molecular complexity index is 778. The van der Waals surface area contributed by atoms with Crippen molar-refractivity contribution in [1.29, 1.82) is 0 Å². The summed E-state index contributed by atoms with van der Waals surface area (Å²) in [5.41, 5.74) is 5.27. The van der Waals surface area contributed by atoms with Crippen molar-refractivity contribution >= 4 is 16.6 Å². The van der Waals surface area contributed by atoms with E-state index >= 15 is 0 Å². The maximum atomic E-state index is 2.44. The molecule has 1 nitrogen and oxygen atoms in total. The van der Waals surface area contributed by atoms with Crippen molar-refractivity contribution in [2.45, 2.75) is 33.1 Å². The molecule has 0 radical (unpaired) electrons. The van der Waals surface area contributed by atoms with Gasteiger partial charge in [-0.05, 0) is 30.5 Å². The van der Waals surface area contributed by atoms with Crippen molar-refractivity contribution in [1.82, 2.24) is 4.57 Å². The molecule has 0 aliphatic carbocycles. The van der Waals surface area contributed by atoms with Gasteiger partial charge in [-0.15, -0.1) is 0 Å². The molecular formula is C21H23N. The molecule has 112 valence electrons. The van der Waals surface area contributed by atoms with Crippen LogP contribution in [0.1, 0.15) is 33.1 Å². The van der Waals surface area contributed by atoms with E-state index in [-0.39, 0.29) is 0 Å². The van der Waals surface area contributed by atoms with Gasteiger partial charge in [0.1, 0.15) is 0 Å². The van der Waals surface area contributed by atoms with Gasteiger partial charge in [0.2, 0.25) is 0 Å². The fourth-order valence-electron chi connectivity index (χ4n) is 3.08. The Morgan fingerprint density at radius 2 is 1.68 bits per heavy atom. The third-order valence-electron chi connectivity index (χ3n) is 4.01. The molecule has 3 aromatic rings. The van der Waals surface area contributed by atoms with Crippen LogP contribution in [-0.2, 0) is 0 Å². The molecule has 2 aromatic carbocycles. The van der Waals surface area contributed by atoms with Crippen molar-refractivity contribution in [2.24, 2.45) is 0 Å². The Morgan fingerprint density at radius 3 is 2.41 bits per heavy atom. The van der Waals surface area contributed by atoms with E-state index in [0.717, 1.165) is 19.3 Å². The summed E-state index contributed by atoms with van der Waals surface area (Å²) < 4.78 is 2.44. The van der Waals surface area contributed by atoms with Crippen LogP contribution in [0.25, 0.3) is 27.9 Å². The van der Waals surface area contributed by atoms with Crippen molar-refractivity contribution in [2.75, 3.05) is 0 Å². The zero-order valence-corrected chi connectivity index (χ0v) is 13.4. The topological polar surface area (TPSA) is 4.93 Å². The zero-order valence-electron chi connectivity index (χ0n) is 13.4. The van der Waals surface area contributed by atoms with E-state index in [1.54, 1.807) is 0 Å². The van der Waals surface area contributed by atoms with E-state index in [0.29, 0.717) is 0 Å². The molecule has 1 heteroatoms. The first-order valence-corrected chi connectivity index (χ1v) is 8.20. The number of nitrogens with zero attached hydrogens (tertiary/aromatic N) is 1. The largest absolute Gasteiger partial charge is 0.313 e. The number of allylic oxidation sites excluding steroid dienone is 2. The smallest absolute Gasteiger partial charge is 0.0537 e. The molecule has 3 rings (SSSR count). The molecule has 0 N–H and O–H groups in total. The van der Waals surface area contributed by atoms with Gasteiger partial charge in [-0.2, -0.15) is 0 Å². The Balaban J connectivity index is 2.28. The molecule has 0 amide bonds. The van der Waals surface area contributed by atoms with Gasteiger partial charge in [-0.3, -0.25) is 0 Å². The maximum Gasteiger partial charge on any atom is 0.0537 e. The number of para-hydroxylation sites is 1. The molecule has 0 fully saturated rings. The van der Waals surface area contributed by atoms with Crippen LogP contribution in [0.5, 0.6) is 0 Å². The minimum atomic E-state index is 1.07. The summed E-state index contributed by atoms with van der Waals surface area (Å²) in [6.45, 7) is 4.46. The maximum absolute atomic E-state index is 2.44. The fraction of sp³-hybridized carbons (Fsp3) is 0.238. The van der Waals surface area contributed by atoms with Crippen molar-refractivity contribution in [3.8, 4) is 11.3 Å². The number of fused-ring (bicyclic) bond motifs is 1. The highest BCUT2D eigenvalue weighted by atomic mass is 15.0. The quantitative estimate of drug-likeness (QED) is 0.515. The summed E-state index contributed by atoms with van der Waals surface area (Å²) in [6, 6.07) is 21.7. The lowest BCUT2D eigenvalue weighted by molar-refractivity contribution is 0.911. The SMILES string of the molecule is CC/C=C(/CCC)n1c(-c2ccccc2)cc2ccccc21. The van der Waals surface area contributed by atoms with E-state index in [1.807, 2.05) is 0 Å². The van der Waals surface area contributed by atoms with Crippen LogP contribution in [0.2, 0.25) is 0 Å². The number of aromatic nitrogens is 1. The molecule has 22 heavy (non-hydrogen) atoms. The van der Waals surface area contributed by atoms with Gasteiger partial charge in [0.05, 0.1) is 11.2 Å². The summed E-state index contributed by atoms with van der Waals surface area (Å²) >= 11 is 0. The Morgan fingerprint density at radius 1 is 0.955 bits per heavy atom. The van der Waals surface area contributed by atoms with Gasteiger partial charge in [0.25, 0.3) is 0 Å². The Hall–Kier alpha value is -2.28. The molecule has 1 aromatic heterocycles. The Kier molecular flexibility index (Phi) is 4.43. The van der Waals surface area contributed by atoms with Crippen LogP contribution in [0.4, 0.5) is 0 Å². The fourth-order valence-corrected chi connectivity index (χ4v) is 3.08. The van der Waals surface area contributed by atoms with Crippen LogP contribution >= 0.6 is 0 Å². The lowest BCUT2D eigenvalue weighted by atomic mass is 10.1. The van der Waals surface area contributed by atoms with Gasteiger partial charge in [0.15, 0.2) is 0 Å². The van der Waals surface area contributed by atoms with Crippen LogP contribution in [0.15, 0.2) is 66.7 Å². The van der Waals surface area contributed by atoms with Gasteiger partial charge in [0, 0.05) is 11.1 Å². The van der Waals surface area contributed by atoms with Crippen LogP contribution in [0.3, 0.4) is 0 Å². The van der Waals surface area contributed by atoms with Crippen LogP contribution in [-0.4, -0.2) is 4.57 Å². The molecule has 0 atom stereocenters. The second-order valence-electron chi connectivity index (χ2n) is 5.64. The molecule has 0 aliphatic rings. The van der Waals surface area contributed by atoms with Gasteiger partial charge in [-0.25, -0.2) is 0 Å². The summed E-state index contributed by atoms with van der Waals surface area (Å²) in [7, 11) is 0. The lowest BCUT2D eigenvalue weighted by Gasteiger charge is -2.15. The predicted molar refractivity (Wildman–Crippen MR) is 96.8 cm³/mol. The van der Waals surface area contributed by atoms with Crippen LogP contribution in [0, 0.1) is 0 Å². The summed E-state index contributed by atoms with van der Waals surface area (Å²) in [6.07, 6.45) is 5.69. The minimum absolute atomic E-state index is 1.07. The van der Waals surface area contributed by atoms with E-state index in [1.165, 1.54) is 27.9 Å². The van der Waals surface area contributed by atoms with Gasteiger partial charge >= 0.3 is 0 Å². The normalized spacial score (nSPS) is 12.0. The monoisotopic (exact) mass is 289 g/mol. The third kappa shape index (κ3) is 2.71.